The number of sulfonamides is 1. The SMILES string of the molecule is CCCNC(=O)[C@H](Cc1ccccc1)N(Cc1cccc(OC)c1)C(=O)CCCN(c1cccc(C(F)(F)F)c1)S(C)(=O)=O. The highest BCUT2D eigenvalue weighted by Gasteiger charge is 2.32. The van der Waals surface area contributed by atoms with Crippen LogP contribution in [0, 0.1) is 0 Å². The van der Waals surface area contributed by atoms with Crippen LogP contribution in [0.25, 0.3) is 0 Å². The van der Waals surface area contributed by atoms with Gasteiger partial charge in [0.05, 0.1) is 24.6 Å². The van der Waals surface area contributed by atoms with Crippen LogP contribution in [0.4, 0.5) is 18.9 Å². The van der Waals surface area contributed by atoms with Crippen LogP contribution in [0.3, 0.4) is 0 Å². The molecular formula is C32H38F3N3O5S. The molecule has 0 bridgehead atoms. The van der Waals surface area contributed by atoms with Gasteiger partial charge in [-0.2, -0.15) is 13.2 Å². The number of methoxy groups -OCH3 is 1. The highest BCUT2D eigenvalue weighted by atomic mass is 32.2. The lowest BCUT2D eigenvalue weighted by Crippen LogP contribution is -2.50. The summed E-state index contributed by atoms with van der Waals surface area (Å²) in [6.45, 7) is 2.19. The number of halogens is 3. The number of rotatable bonds is 15. The van der Waals surface area contributed by atoms with E-state index in [9.17, 15) is 31.2 Å². The van der Waals surface area contributed by atoms with E-state index in [-0.39, 0.29) is 43.9 Å². The van der Waals surface area contributed by atoms with Crippen LogP contribution in [0.2, 0.25) is 0 Å². The van der Waals surface area contributed by atoms with Gasteiger partial charge < -0.3 is 15.0 Å². The van der Waals surface area contributed by atoms with Gasteiger partial charge >= 0.3 is 6.18 Å². The quantitative estimate of drug-likeness (QED) is 0.241. The summed E-state index contributed by atoms with van der Waals surface area (Å²) >= 11 is 0. The van der Waals surface area contributed by atoms with Crippen LogP contribution >= 0.6 is 0 Å². The number of carbonyl (C=O) groups is 2. The lowest BCUT2D eigenvalue weighted by Gasteiger charge is -2.32. The summed E-state index contributed by atoms with van der Waals surface area (Å²) in [7, 11) is -2.45. The van der Waals surface area contributed by atoms with Gasteiger partial charge in [-0.1, -0.05) is 55.5 Å². The van der Waals surface area contributed by atoms with Crippen molar-refractivity contribution in [2.24, 2.45) is 0 Å². The number of benzene rings is 3. The number of alkyl halides is 3. The lowest BCUT2D eigenvalue weighted by atomic mass is 10.0. The molecule has 8 nitrogen and oxygen atoms in total. The van der Waals surface area contributed by atoms with Crippen molar-refractivity contribution in [3.8, 4) is 5.75 Å². The first-order chi connectivity index (χ1) is 20.8. The van der Waals surface area contributed by atoms with E-state index < -0.39 is 33.7 Å². The molecule has 2 amide bonds. The Hall–Kier alpha value is -4.06. The number of ether oxygens (including phenoxy) is 1. The van der Waals surface area contributed by atoms with Crippen LogP contribution in [0.5, 0.6) is 5.75 Å². The lowest BCUT2D eigenvalue weighted by molar-refractivity contribution is -0.141. The molecule has 0 heterocycles. The van der Waals surface area contributed by atoms with Crippen molar-refractivity contribution in [3.05, 3.63) is 95.6 Å². The van der Waals surface area contributed by atoms with Crippen molar-refractivity contribution >= 4 is 27.5 Å². The zero-order valence-corrected chi connectivity index (χ0v) is 25.8. The Bertz CT molecular complexity index is 1500. The highest BCUT2D eigenvalue weighted by molar-refractivity contribution is 7.92. The summed E-state index contributed by atoms with van der Waals surface area (Å²) in [6, 6.07) is 19.6. The topological polar surface area (TPSA) is 96.0 Å². The first-order valence-electron chi connectivity index (χ1n) is 14.2. The molecule has 0 radical (unpaired) electrons. The molecule has 0 aliphatic rings. The molecule has 0 spiro atoms. The molecule has 44 heavy (non-hydrogen) atoms. The third kappa shape index (κ3) is 10.0. The average molecular weight is 634 g/mol. The van der Waals surface area contributed by atoms with Crippen LogP contribution in [-0.2, 0) is 38.8 Å². The van der Waals surface area contributed by atoms with Crippen LogP contribution in [0.15, 0.2) is 78.9 Å². The molecular weight excluding hydrogens is 595 g/mol. The Balaban J connectivity index is 1.90. The van der Waals surface area contributed by atoms with Gasteiger partial charge in [0.2, 0.25) is 21.8 Å². The fourth-order valence-corrected chi connectivity index (χ4v) is 5.69. The number of hydrogen-bond acceptors (Lipinski definition) is 5. The summed E-state index contributed by atoms with van der Waals surface area (Å²) in [5, 5.41) is 2.89. The Morgan fingerprint density at radius 1 is 0.955 bits per heavy atom. The van der Waals surface area contributed by atoms with E-state index in [0.29, 0.717) is 18.7 Å². The number of anilines is 1. The highest BCUT2D eigenvalue weighted by Crippen LogP contribution is 2.32. The van der Waals surface area contributed by atoms with Crippen molar-refractivity contribution in [1.29, 1.82) is 0 Å². The maximum atomic E-state index is 13.9. The van der Waals surface area contributed by atoms with Gasteiger partial charge in [-0.3, -0.25) is 13.9 Å². The van der Waals surface area contributed by atoms with E-state index in [0.717, 1.165) is 39.9 Å². The van der Waals surface area contributed by atoms with Gasteiger partial charge in [0.15, 0.2) is 0 Å². The molecule has 3 aromatic rings. The standard InChI is InChI=1S/C32H38F3N3O5S/c1-4-18-36-31(40)29(21-24-11-6-5-7-12-24)37(23-25-13-8-16-28(20-25)43-2)30(39)17-10-19-38(44(3,41)42)27-15-9-14-26(22-27)32(33,34)35/h5-9,11-16,20,22,29H,4,10,17-19,21,23H2,1-3H3,(H,36,40)/t29-/m0/s1. The number of hydrogen-bond donors (Lipinski definition) is 1. The molecule has 0 aliphatic carbocycles. The largest absolute Gasteiger partial charge is 0.497 e. The van der Waals surface area contributed by atoms with Crippen molar-refractivity contribution in [1.82, 2.24) is 10.2 Å². The van der Waals surface area contributed by atoms with Gasteiger partial charge in [-0.05, 0) is 54.3 Å². The molecule has 0 saturated heterocycles. The molecule has 1 N–H and O–H groups in total. The fourth-order valence-electron chi connectivity index (χ4n) is 4.73. The Morgan fingerprint density at radius 3 is 2.27 bits per heavy atom. The van der Waals surface area contributed by atoms with E-state index in [1.807, 2.05) is 43.3 Å². The molecule has 12 heteroatoms. The van der Waals surface area contributed by atoms with Gasteiger partial charge in [0.1, 0.15) is 11.8 Å². The summed E-state index contributed by atoms with van der Waals surface area (Å²) in [6.07, 6.45) is -2.96. The number of carbonyl (C=O) groups excluding carboxylic acids is 2. The zero-order chi connectivity index (χ0) is 32.3. The second-order valence-corrected chi connectivity index (χ2v) is 12.3. The average Bonchev–Trinajstić information content (AvgIpc) is 2.99. The van der Waals surface area contributed by atoms with Crippen molar-refractivity contribution in [2.45, 2.75) is 51.4 Å². The molecule has 1 atom stereocenters. The maximum absolute atomic E-state index is 13.9. The maximum Gasteiger partial charge on any atom is 0.416 e. The second kappa shape index (κ2) is 15.6. The van der Waals surface area contributed by atoms with Crippen LogP contribution < -0.4 is 14.4 Å². The summed E-state index contributed by atoms with van der Waals surface area (Å²) < 4.78 is 71.3. The van der Waals surface area contributed by atoms with E-state index in [4.69, 9.17) is 4.74 Å². The fraction of sp³-hybridized carbons (Fsp3) is 0.375. The Labute approximate surface area is 256 Å². The van der Waals surface area contributed by atoms with Crippen molar-refractivity contribution in [3.63, 3.8) is 0 Å². The number of amides is 2. The smallest absolute Gasteiger partial charge is 0.416 e. The first-order valence-corrected chi connectivity index (χ1v) is 16.1. The molecule has 0 saturated carbocycles. The molecule has 3 aromatic carbocycles. The van der Waals surface area contributed by atoms with Gasteiger partial charge in [0, 0.05) is 32.5 Å². The predicted molar refractivity (Wildman–Crippen MR) is 164 cm³/mol. The molecule has 0 aliphatic heterocycles. The van der Waals surface area contributed by atoms with Gasteiger partial charge in [0.25, 0.3) is 0 Å². The molecule has 0 aromatic heterocycles. The minimum Gasteiger partial charge on any atom is -0.497 e. The third-order valence-corrected chi connectivity index (χ3v) is 8.12. The first kappa shape index (κ1) is 34.4. The van der Waals surface area contributed by atoms with E-state index >= 15 is 0 Å². The van der Waals surface area contributed by atoms with Crippen molar-refractivity contribution in [2.75, 3.05) is 30.8 Å². The second-order valence-electron chi connectivity index (χ2n) is 10.4. The summed E-state index contributed by atoms with van der Waals surface area (Å²) in [4.78, 5) is 28.8. The van der Waals surface area contributed by atoms with Crippen LogP contribution in [-0.4, -0.2) is 57.6 Å². The summed E-state index contributed by atoms with van der Waals surface area (Å²) in [5.41, 5.74) is 0.441. The molecule has 0 fully saturated rings. The Kier molecular flexibility index (Phi) is 12.2. The summed E-state index contributed by atoms with van der Waals surface area (Å²) in [5.74, 6) is -0.151. The van der Waals surface area contributed by atoms with E-state index in [1.54, 1.807) is 18.2 Å². The Morgan fingerprint density at radius 2 is 1.64 bits per heavy atom. The van der Waals surface area contributed by atoms with Crippen molar-refractivity contribution < 1.29 is 35.9 Å². The number of nitrogens with one attached hydrogen (secondary N) is 1. The van der Waals surface area contributed by atoms with Crippen LogP contribution in [0.1, 0.15) is 42.9 Å². The monoisotopic (exact) mass is 633 g/mol. The molecule has 0 unspecified atom stereocenters. The third-order valence-electron chi connectivity index (χ3n) is 6.92. The number of nitrogens with zero attached hydrogens (tertiary/aromatic N) is 2. The predicted octanol–water partition coefficient (Wildman–Crippen LogP) is 5.43. The minimum atomic E-state index is -4.65. The van der Waals surface area contributed by atoms with Gasteiger partial charge in [-0.15, -0.1) is 0 Å². The van der Waals surface area contributed by atoms with Gasteiger partial charge in [-0.25, -0.2) is 8.42 Å². The molecule has 3 rings (SSSR count). The minimum absolute atomic E-state index is 0.00535. The van der Waals surface area contributed by atoms with E-state index in [2.05, 4.69) is 5.32 Å². The van der Waals surface area contributed by atoms with E-state index in [1.165, 1.54) is 18.1 Å². The molecule has 238 valence electrons. The zero-order valence-electron chi connectivity index (χ0n) is 25.0. The normalized spacial score (nSPS) is 12.3.